The summed E-state index contributed by atoms with van der Waals surface area (Å²) in [4.78, 5) is 27.4. The van der Waals surface area contributed by atoms with E-state index in [1.165, 1.54) is 0 Å². The number of hydrogen-bond acceptors (Lipinski definition) is 4. The molecule has 0 bridgehead atoms. The second-order valence-electron chi connectivity index (χ2n) is 6.83. The van der Waals surface area contributed by atoms with Gasteiger partial charge in [0.2, 0.25) is 5.91 Å². The predicted octanol–water partition coefficient (Wildman–Crippen LogP) is 4.17. The maximum Gasteiger partial charge on any atom is 0.261 e. The maximum atomic E-state index is 13.1. The van der Waals surface area contributed by atoms with Crippen LogP contribution in [0.4, 0.5) is 0 Å². The summed E-state index contributed by atoms with van der Waals surface area (Å²) in [6.07, 6.45) is 1.34. The van der Waals surface area contributed by atoms with E-state index in [0.717, 1.165) is 22.2 Å². The van der Waals surface area contributed by atoms with E-state index in [2.05, 4.69) is 21.2 Å². The van der Waals surface area contributed by atoms with Gasteiger partial charge in [0.1, 0.15) is 17.5 Å². The summed E-state index contributed by atoms with van der Waals surface area (Å²) >= 11 is 3.38. The molecule has 0 saturated carbocycles. The maximum absolute atomic E-state index is 13.1. The highest BCUT2D eigenvalue weighted by atomic mass is 79.9. The van der Waals surface area contributed by atoms with Crippen molar-refractivity contribution in [2.24, 2.45) is 0 Å². The fourth-order valence-electron chi connectivity index (χ4n) is 2.97. The first kappa shape index (κ1) is 23.7. The molecule has 7 heteroatoms. The molecular weight excluding hydrogens is 448 g/mol. The highest BCUT2D eigenvalue weighted by molar-refractivity contribution is 9.10. The Hall–Kier alpha value is -2.54. The summed E-state index contributed by atoms with van der Waals surface area (Å²) in [5, 5.41) is 2.90. The molecule has 6 nitrogen and oxygen atoms in total. The number of hydrogen-bond donors (Lipinski definition) is 1. The van der Waals surface area contributed by atoms with Crippen LogP contribution in [0.2, 0.25) is 0 Å². The normalized spacial score (nSPS) is 11.5. The molecule has 2 amide bonds. The summed E-state index contributed by atoms with van der Waals surface area (Å²) in [5.74, 6) is 0.944. The average molecular weight is 477 g/mol. The zero-order chi connectivity index (χ0) is 21.9. The SMILES string of the molecule is CCCNC(=O)[C@@H](CC)N(Cc1ccc(OC)cc1)C(=O)COc1ccc(Br)cc1. The Morgan fingerprint density at radius 1 is 1.03 bits per heavy atom. The lowest BCUT2D eigenvalue weighted by Gasteiger charge is -2.30. The van der Waals surface area contributed by atoms with E-state index in [1.54, 1.807) is 24.1 Å². The van der Waals surface area contributed by atoms with Crippen molar-refractivity contribution in [3.8, 4) is 11.5 Å². The first-order chi connectivity index (χ1) is 14.5. The Labute approximate surface area is 186 Å². The monoisotopic (exact) mass is 476 g/mol. The van der Waals surface area contributed by atoms with Crippen molar-refractivity contribution in [1.29, 1.82) is 0 Å². The molecule has 1 atom stereocenters. The van der Waals surface area contributed by atoms with Gasteiger partial charge in [-0.05, 0) is 54.8 Å². The summed E-state index contributed by atoms with van der Waals surface area (Å²) in [7, 11) is 1.61. The number of carbonyl (C=O) groups excluding carboxylic acids is 2. The number of nitrogens with one attached hydrogen (secondary N) is 1. The molecule has 2 aromatic rings. The van der Waals surface area contributed by atoms with Crippen LogP contribution in [0, 0.1) is 0 Å². The Morgan fingerprint density at radius 3 is 2.23 bits per heavy atom. The van der Waals surface area contributed by atoms with E-state index < -0.39 is 6.04 Å². The highest BCUT2D eigenvalue weighted by Gasteiger charge is 2.28. The number of halogens is 1. The van der Waals surface area contributed by atoms with Crippen LogP contribution >= 0.6 is 15.9 Å². The molecular formula is C23H29BrN2O4. The van der Waals surface area contributed by atoms with Crippen LogP contribution in [-0.4, -0.2) is 43.0 Å². The fourth-order valence-corrected chi connectivity index (χ4v) is 3.24. The third-order valence-corrected chi connectivity index (χ3v) is 5.15. The van der Waals surface area contributed by atoms with Crippen LogP contribution in [0.15, 0.2) is 53.0 Å². The van der Waals surface area contributed by atoms with Gasteiger partial charge in [-0.1, -0.05) is 41.9 Å². The second-order valence-corrected chi connectivity index (χ2v) is 7.74. The number of rotatable bonds is 11. The molecule has 0 heterocycles. The van der Waals surface area contributed by atoms with Gasteiger partial charge in [-0.25, -0.2) is 0 Å². The topological polar surface area (TPSA) is 67.9 Å². The van der Waals surface area contributed by atoms with Gasteiger partial charge in [0.05, 0.1) is 7.11 Å². The van der Waals surface area contributed by atoms with E-state index in [9.17, 15) is 9.59 Å². The number of ether oxygens (including phenoxy) is 2. The number of methoxy groups -OCH3 is 1. The molecule has 2 aromatic carbocycles. The van der Waals surface area contributed by atoms with Gasteiger partial charge in [0.25, 0.3) is 5.91 Å². The summed E-state index contributed by atoms with van der Waals surface area (Å²) < 4.78 is 11.8. The summed E-state index contributed by atoms with van der Waals surface area (Å²) in [6, 6.07) is 14.2. The van der Waals surface area contributed by atoms with E-state index in [4.69, 9.17) is 9.47 Å². The molecule has 0 fully saturated rings. The molecule has 0 aliphatic heterocycles. The molecule has 0 aromatic heterocycles. The van der Waals surface area contributed by atoms with Gasteiger partial charge >= 0.3 is 0 Å². The van der Waals surface area contributed by atoms with Gasteiger partial charge < -0.3 is 19.7 Å². The smallest absolute Gasteiger partial charge is 0.261 e. The van der Waals surface area contributed by atoms with Crippen molar-refractivity contribution in [3.63, 3.8) is 0 Å². The lowest BCUT2D eigenvalue weighted by molar-refractivity contribution is -0.143. The van der Waals surface area contributed by atoms with Gasteiger partial charge in [-0.15, -0.1) is 0 Å². The number of carbonyl (C=O) groups is 2. The first-order valence-electron chi connectivity index (χ1n) is 10.1. The quantitative estimate of drug-likeness (QED) is 0.528. The molecule has 0 saturated heterocycles. The predicted molar refractivity (Wildman–Crippen MR) is 121 cm³/mol. The Morgan fingerprint density at radius 2 is 1.67 bits per heavy atom. The Bertz CT molecular complexity index is 809. The Kier molecular flexibility index (Phi) is 9.67. The van der Waals surface area contributed by atoms with Crippen LogP contribution in [0.1, 0.15) is 32.3 Å². The fraction of sp³-hybridized carbons (Fsp3) is 0.391. The number of nitrogens with zero attached hydrogens (tertiary/aromatic N) is 1. The third-order valence-electron chi connectivity index (χ3n) is 4.62. The van der Waals surface area contributed by atoms with Crippen LogP contribution in [0.3, 0.4) is 0 Å². The average Bonchev–Trinajstić information content (AvgIpc) is 2.77. The molecule has 0 radical (unpaired) electrons. The van der Waals surface area contributed by atoms with Gasteiger partial charge in [-0.2, -0.15) is 0 Å². The van der Waals surface area contributed by atoms with E-state index in [-0.39, 0.29) is 18.4 Å². The third kappa shape index (κ3) is 7.06. The van der Waals surface area contributed by atoms with Crippen molar-refractivity contribution >= 4 is 27.7 Å². The van der Waals surface area contributed by atoms with Crippen molar-refractivity contribution in [3.05, 3.63) is 58.6 Å². The zero-order valence-corrected chi connectivity index (χ0v) is 19.3. The molecule has 30 heavy (non-hydrogen) atoms. The van der Waals surface area contributed by atoms with Crippen LogP contribution in [0.5, 0.6) is 11.5 Å². The second kappa shape index (κ2) is 12.2. The minimum absolute atomic E-state index is 0.144. The van der Waals surface area contributed by atoms with E-state index in [1.807, 2.05) is 50.2 Å². The van der Waals surface area contributed by atoms with E-state index in [0.29, 0.717) is 25.3 Å². The molecule has 0 spiro atoms. The molecule has 1 N–H and O–H groups in total. The minimum Gasteiger partial charge on any atom is -0.497 e. The van der Waals surface area contributed by atoms with Crippen molar-refractivity contribution in [2.45, 2.75) is 39.3 Å². The van der Waals surface area contributed by atoms with Gasteiger partial charge in [-0.3, -0.25) is 9.59 Å². The van der Waals surface area contributed by atoms with Gasteiger partial charge in [0, 0.05) is 17.6 Å². The summed E-state index contributed by atoms with van der Waals surface area (Å²) in [6.45, 7) is 4.64. The van der Waals surface area contributed by atoms with Crippen molar-refractivity contribution < 1.29 is 19.1 Å². The summed E-state index contributed by atoms with van der Waals surface area (Å²) in [5.41, 5.74) is 0.912. The van der Waals surface area contributed by atoms with Crippen molar-refractivity contribution in [1.82, 2.24) is 10.2 Å². The van der Waals surface area contributed by atoms with Crippen LogP contribution in [-0.2, 0) is 16.1 Å². The molecule has 2 rings (SSSR count). The van der Waals surface area contributed by atoms with Gasteiger partial charge in [0.15, 0.2) is 6.61 Å². The van der Waals surface area contributed by atoms with E-state index >= 15 is 0 Å². The number of benzene rings is 2. The molecule has 162 valence electrons. The standard InChI is InChI=1S/C23H29BrN2O4/c1-4-14-25-23(28)21(5-2)26(15-17-6-10-19(29-3)11-7-17)22(27)16-30-20-12-8-18(24)9-13-20/h6-13,21H,4-5,14-16H2,1-3H3,(H,25,28)/t21-/m1/s1. The van der Waals surface area contributed by atoms with Crippen molar-refractivity contribution in [2.75, 3.05) is 20.3 Å². The zero-order valence-electron chi connectivity index (χ0n) is 17.7. The van der Waals surface area contributed by atoms with Crippen LogP contribution < -0.4 is 14.8 Å². The lowest BCUT2D eigenvalue weighted by Crippen LogP contribution is -2.50. The minimum atomic E-state index is -0.570. The first-order valence-corrected chi connectivity index (χ1v) is 10.9. The molecule has 0 unspecified atom stereocenters. The lowest BCUT2D eigenvalue weighted by atomic mass is 10.1. The Balaban J connectivity index is 2.17. The van der Waals surface area contributed by atoms with Crippen LogP contribution in [0.25, 0.3) is 0 Å². The molecule has 0 aliphatic rings. The number of amides is 2. The highest BCUT2D eigenvalue weighted by Crippen LogP contribution is 2.18. The molecule has 0 aliphatic carbocycles. The largest absolute Gasteiger partial charge is 0.497 e.